The van der Waals surface area contributed by atoms with E-state index in [9.17, 15) is 4.79 Å². The summed E-state index contributed by atoms with van der Waals surface area (Å²) in [5, 5.41) is 11.1. The molecule has 0 saturated heterocycles. The second-order valence-electron chi connectivity index (χ2n) is 3.19. The van der Waals surface area contributed by atoms with Crippen molar-refractivity contribution in [2.75, 3.05) is 5.32 Å². The maximum atomic E-state index is 10.3. The van der Waals surface area contributed by atoms with Crippen molar-refractivity contribution in [1.82, 2.24) is 0 Å². The number of amides is 2. The largest absolute Gasteiger partial charge is 0.508 e. The van der Waals surface area contributed by atoms with Gasteiger partial charge in [0.15, 0.2) is 0 Å². The van der Waals surface area contributed by atoms with Crippen LogP contribution in [0.1, 0.15) is 0 Å². The lowest BCUT2D eigenvalue weighted by Gasteiger charge is -1.97. The van der Waals surface area contributed by atoms with Gasteiger partial charge < -0.3 is 16.2 Å². The molecule has 0 aliphatic rings. The molecule has 4 nitrogen and oxygen atoms in total. The highest BCUT2D eigenvalue weighted by atomic mass is 16.3. The molecule has 0 spiro atoms. The van der Waals surface area contributed by atoms with Crippen LogP contribution in [0.25, 0.3) is 0 Å². The standard InChI is InChI=1S/C7H8N2O.C6H6O/c8-7(10)9-6-4-2-1-3-5-6;7-6-4-2-1-3-5-6/h1-5H,(H3,8,9,10);1-5,7H. The molecular formula is C13H14N2O2. The number of benzene rings is 2. The molecule has 2 aromatic carbocycles. The van der Waals surface area contributed by atoms with Crippen molar-refractivity contribution in [1.29, 1.82) is 0 Å². The Hall–Kier alpha value is -2.49. The zero-order valence-electron chi connectivity index (χ0n) is 9.21. The minimum Gasteiger partial charge on any atom is -0.508 e. The van der Waals surface area contributed by atoms with Gasteiger partial charge in [0.1, 0.15) is 5.75 Å². The molecule has 88 valence electrons. The maximum Gasteiger partial charge on any atom is 0.316 e. The zero-order valence-corrected chi connectivity index (χ0v) is 9.21. The maximum absolute atomic E-state index is 10.3. The predicted octanol–water partition coefficient (Wildman–Crippen LogP) is 2.57. The highest BCUT2D eigenvalue weighted by Crippen LogP contribution is 2.03. The van der Waals surface area contributed by atoms with Crippen LogP contribution in [-0.2, 0) is 0 Å². The highest BCUT2D eigenvalue weighted by molar-refractivity contribution is 5.87. The smallest absolute Gasteiger partial charge is 0.316 e. The molecule has 0 radical (unpaired) electrons. The van der Waals surface area contributed by atoms with Gasteiger partial charge in [0, 0.05) is 5.69 Å². The fraction of sp³-hybridized carbons (Fsp3) is 0. The van der Waals surface area contributed by atoms with Gasteiger partial charge in [-0.2, -0.15) is 0 Å². The van der Waals surface area contributed by atoms with E-state index in [1.807, 2.05) is 24.3 Å². The van der Waals surface area contributed by atoms with E-state index in [1.165, 1.54) is 0 Å². The molecule has 2 rings (SSSR count). The molecule has 2 amide bonds. The van der Waals surface area contributed by atoms with Crippen molar-refractivity contribution in [3.8, 4) is 5.75 Å². The van der Waals surface area contributed by atoms with Crippen molar-refractivity contribution in [3.63, 3.8) is 0 Å². The van der Waals surface area contributed by atoms with E-state index < -0.39 is 6.03 Å². The number of phenols is 1. The van der Waals surface area contributed by atoms with Gasteiger partial charge in [0.05, 0.1) is 0 Å². The molecule has 4 heteroatoms. The van der Waals surface area contributed by atoms with Gasteiger partial charge in [0.25, 0.3) is 0 Å². The molecule has 4 N–H and O–H groups in total. The first-order valence-electron chi connectivity index (χ1n) is 5.04. The topological polar surface area (TPSA) is 75.4 Å². The number of aromatic hydroxyl groups is 1. The Labute approximate surface area is 99.7 Å². The number of hydrogen-bond donors (Lipinski definition) is 3. The third kappa shape index (κ3) is 5.84. The van der Waals surface area contributed by atoms with E-state index in [2.05, 4.69) is 5.32 Å². The fourth-order valence-corrected chi connectivity index (χ4v) is 1.09. The first-order valence-corrected chi connectivity index (χ1v) is 5.04. The van der Waals surface area contributed by atoms with Crippen molar-refractivity contribution in [2.45, 2.75) is 0 Å². The molecular weight excluding hydrogens is 216 g/mol. The van der Waals surface area contributed by atoms with Crippen LogP contribution in [0.15, 0.2) is 60.7 Å². The van der Waals surface area contributed by atoms with E-state index in [-0.39, 0.29) is 0 Å². The van der Waals surface area contributed by atoms with Crippen LogP contribution in [0.4, 0.5) is 10.5 Å². The van der Waals surface area contributed by atoms with Crippen molar-refractivity contribution >= 4 is 11.7 Å². The van der Waals surface area contributed by atoms with Gasteiger partial charge in [-0.3, -0.25) is 0 Å². The molecule has 0 atom stereocenters. The summed E-state index contributed by atoms with van der Waals surface area (Å²) < 4.78 is 0. The summed E-state index contributed by atoms with van der Waals surface area (Å²) in [6.45, 7) is 0. The van der Waals surface area contributed by atoms with Crippen LogP contribution in [0.3, 0.4) is 0 Å². The molecule has 17 heavy (non-hydrogen) atoms. The van der Waals surface area contributed by atoms with Crippen LogP contribution >= 0.6 is 0 Å². The highest BCUT2D eigenvalue weighted by Gasteiger charge is 1.90. The monoisotopic (exact) mass is 230 g/mol. The Morgan fingerprint density at radius 1 is 0.941 bits per heavy atom. The van der Waals surface area contributed by atoms with Crippen LogP contribution in [-0.4, -0.2) is 11.1 Å². The van der Waals surface area contributed by atoms with Gasteiger partial charge in [-0.1, -0.05) is 36.4 Å². The second kappa shape index (κ2) is 6.90. The van der Waals surface area contributed by atoms with Gasteiger partial charge in [-0.25, -0.2) is 4.79 Å². The minimum absolute atomic E-state index is 0.322. The lowest BCUT2D eigenvalue weighted by Crippen LogP contribution is -2.18. The number of carbonyl (C=O) groups excluding carboxylic acids is 1. The number of primary amides is 1. The number of urea groups is 1. The third-order valence-electron chi connectivity index (χ3n) is 1.80. The summed E-state index contributed by atoms with van der Waals surface area (Å²) in [6, 6.07) is 17.2. The van der Waals surface area contributed by atoms with E-state index in [0.717, 1.165) is 5.69 Å². The van der Waals surface area contributed by atoms with Crippen LogP contribution < -0.4 is 11.1 Å². The lowest BCUT2D eigenvalue weighted by molar-refractivity contribution is 0.259. The Bertz CT molecular complexity index is 443. The van der Waals surface area contributed by atoms with Crippen molar-refractivity contribution < 1.29 is 9.90 Å². The number of anilines is 1. The minimum atomic E-state index is -0.536. The fourth-order valence-electron chi connectivity index (χ4n) is 1.09. The number of hydrogen-bond acceptors (Lipinski definition) is 2. The summed E-state index contributed by atoms with van der Waals surface area (Å²) in [6.07, 6.45) is 0. The molecule has 0 unspecified atom stereocenters. The third-order valence-corrected chi connectivity index (χ3v) is 1.80. The Balaban J connectivity index is 0.000000181. The first-order chi connectivity index (χ1) is 8.18. The van der Waals surface area contributed by atoms with E-state index >= 15 is 0 Å². The average molecular weight is 230 g/mol. The molecule has 0 bridgehead atoms. The first kappa shape index (κ1) is 12.6. The summed E-state index contributed by atoms with van der Waals surface area (Å²) in [7, 11) is 0. The van der Waals surface area contributed by atoms with Gasteiger partial charge in [-0.05, 0) is 24.3 Å². The number of carbonyl (C=O) groups is 1. The van der Waals surface area contributed by atoms with E-state index in [4.69, 9.17) is 10.8 Å². The van der Waals surface area contributed by atoms with Crippen LogP contribution in [0.5, 0.6) is 5.75 Å². The predicted molar refractivity (Wildman–Crippen MR) is 67.8 cm³/mol. The Morgan fingerprint density at radius 3 is 1.76 bits per heavy atom. The van der Waals surface area contributed by atoms with Gasteiger partial charge in [-0.15, -0.1) is 0 Å². The number of nitrogens with two attached hydrogens (primary N) is 1. The van der Waals surface area contributed by atoms with Gasteiger partial charge >= 0.3 is 6.03 Å². The number of nitrogens with one attached hydrogen (secondary N) is 1. The molecule has 2 aromatic rings. The van der Waals surface area contributed by atoms with Crippen molar-refractivity contribution in [2.24, 2.45) is 5.73 Å². The Kier molecular flexibility index (Phi) is 5.10. The summed E-state index contributed by atoms with van der Waals surface area (Å²) in [5.74, 6) is 0.322. The van der Waals surface area contributed by atoms with Crippen LogP contribution in [0.2, 0.25) is 0 Å². The molecule has 0 aliphatic heterocycles. The zero-order chi connectivity index (χ0) is 12.5. The van der Waals surface area contributed by atoms with E-state index in [1.54, 1.807) is 36.4 Å². The molecule has 0 fully saturated rings. The number of phenolic OH excluding ortho intramolecular Hbond substituents is 1. The molecule has 0 saturated carbocycles. The average Bonchev–Trinajstić information content (AvgIpc) is 2.31. The SMILES string of the molecule is NC(=O)Nc1ccccc1.Oc1ccccc1. The molecule has 0 heterocycles. The van der Waals surface area contributed by atoms with Crippen molar-refractivity contribution in [3.05, 3.63) is 60.7 Å². The number of rotatable bonds is 1. The summed E-state index contributed by atoms with van der Waals surface area (Å²) in [5.41, 5.74) is 5.59. The normalized spacial score (nSPS) is 8.71. The number of para-hydroxylation sites is 2. The molecule has 0 aliphatic carbocycles. The van der Waals surface area contributed by atoms with Crippen LogP contribution in [0, 0.1) is 0 Å². The van der Waals surface area contributed by atoms with E-state index in [0.29, 0.717) is 5.75 Å². The Morgan fingerprint density at radius 2 is 1.41 bits per heavy atom. The summed E-state index contributed by atoms with van der Waals surface area (Å²) in [4.78, 5) is 10.3. The van der Waals surface area contributed by atoms with Gasteiger partial charge in [0.2, 0.25) is 0 Å². The second-order valence-corrected chi connectivity index (χ2v) is 3.19. The molecule has 0 aromatic heterocycles. The quantitative estimate of drug-likeness (QED) is 0.704. The summed E-state index contributed by atoms with van der Waals surface area (Å²) >= 11 is 0. The lowest BCUT2D eigenvalue weighted by atomic mass is 10.3.